The molecule has 0 aliphatic carbocycles. The van der Waals surface area contributed by atoms with Gasteiger partial charge in [0.25, 0.3) is 0 Å². The van der Waals surface area contributed by atoms with E-state index in [2.05, 4.69) is 11.8 Å². The van der Waals surface area contributed by atoms with Gasteiger partial charge in [0.1, 0.15) is 0 Å². The third-order valence-electron chi connectivity index (χ3n) is 3.41. The molecule has 0 bridgehead atoms. The summed E-state index contributed by atoms with van der Waals surface area (Å²) in [5.41, 5.74) is 0.931. The fraction of sp³-hybridized carbons (Fsp3) is 0.571. The summed E-state index contributed by atoms with van der Waals surface area (Å²) < 4.78 is 24.2. The predicted molar refractivity (Wildman–Crippen MR) is 73.3 cm³/mol. The highest BCUT2D eigenvalue weighted by atomic mass is 35.5. The van der Waals surface area contributed by atoms with Crippen LogP contribution in [0.1, 0.15) is 12.5 Å². The maximum absolute atomic E-state index is 13.7. The van der Waals surface area contributed by atoms with E-state index in [4.69, 9.17) is 21.1 Å². The van der Waals surface area contributed by atoms with Crippen molar-refractivity contribution in [2.24, 2.45) is 0 Å². The molecule has 0 radical (unpaired) electrons. The molecule has 0 aromatic heterocycles. The van der Waals surface area contributed by atoms with Gasteiger partial charge in [-0.25, -0.2) is 4.39 Å². The molecule has 5 heteroatoms. The molecular weight excluding hydrogens is 269 g/mol. The predicted octanol–water partition coefficient (Wildman–Crippen LogP) is 2.66. The van der Waals surface area contributed by atoms with Crippen molar-refractivity contribution in [2.45, 2.75) is 25.6 Å². The van der Waals surface area contributed by atoms with Crippen molar-refractivity contribution in [3.05, 3.63) is 29.6 Å². The topological polar surface area (TPSA) is 21.7 Å². The monoisotopic (exact) mass is 287 g/mol. The zero-order valence-corrected chi connectivity index (χ0v) is 12.0. The Hall–Kier alpha value is -0.840. The number of benzene rings is 1. The summed E-state index contributed by atoms with van der Waals surface area (Å²) in [6.07, 6.45) is 0.0564. The first-order valence-corrected chi connectivity index (χ1v) is 6.91. The van der Waals surface area contributed by atoms with Crippen molar-refractivity contribution in [1.29, 1.82) is 0 Å². The Balaban J connectivity index is 2.05. The third kappa shape index (κ3) is 3.59. The maximum Gasteiger partial charge on any atom is 0.165 e. The Morgan fingerprint density at radius 2 is 2.32 bits per heavy atom. The number of rotatable bonds is 4. The molecule has 0 N–H and O–H groups in total. The lowest BCUT2D eigenvalue weighted by Gasteiger charge is -2.37. The third-order valence-corrected chi connectivity index (χ3v) is 3.75. The van der Waals surface area contributed by atoms with Gasteiger partial charge in [-0.1, -0.05) is 6.07 Å². The molecule has 1 saturated heterocycles. The largest absolute Gasteiger partial charge is 0.494 e. The molecule has 19 heavy (non-hydrogen) atoms. The molecule has 1 aromatic carbocycles. The molecule has 106 valence electrons. The second-order valence-electron chi connectivity index (χ2n) is 4.86. The summed E-state index contributed by atoms with van der Waals surface area (Å²) in [5, 5.41) is 0. The van der Waals surface area contributed by atoms with Crippen LogP contribution in [0.5, 0.6) is 5.75 Å². The van der Waals surface area contributed by atoms with Gasteiger partial charge in [-0.15, -0.1) is 11.6 Å². The number of morpholine rings is 1. The van der Waals surface area contributed by atoms with E-state index in [0.717, 1.165) is 12.1 Å². The van der Waals surface area contributed by atoms with Crippen LogP contribution in [-0.4, -0.2) is 43.2 Å². The SMILES string of the molecule is COc1ccc(CN2CC(CCl)OCC2C)cc1F. The normalized spacial score (nSPS) is 24.4. The molecule has 0 saturated carbocycles. The summed E-state index contributed by atoms with van der Waals surface area (Å²) in [6, 6.07) is 5.38. The van der Waals surface area contributed by atoms with E-state index in [0.29, 0.717) is 25.1 Å². The highest BCUT2D eigenvalue weighted by molar-refractivity contribution is 6.18. The zero-order valence-electron chi connectivity index (χ0n) is 11.2. The number of methoxy groups -OCH3 is 1. The molecule has 2 unspecified atom stereocenters. The molecule has 1 heterocycles. The first kappa shape index (κ1) is 14.6. The zero-order chi connectivity index (χ0) is 13.8. The summed E-state index contributed by atoms with van der Waals surface area (Å²) >= 11 is 5.83. The Kier molecular flexibility index (Phi) is 5.02. The molecule has 0 spiro atoms. The van der Waals surface area contributed by atoms with E-state index < -0.39 is 0 Å². The van der Waals surface area contributed by atoms with Crippen molar-refractivity contribution >= 4 is 11.6 Å². The minimum Gasteiger partial charge on any atom is -0.494 e. The number of ether oxygens (including phenoxy) is 2. The molecule has 2 rings (SSSR count). The average Bonchev–Trinajstić information content (AvgIpc) is 2.41. The van der Waals surface area contributed by atoms with Gasteiger partial charge in [-0.2, -0.15) is 0 Å². The van der Waals surface area contributed by atoms with E-state index in [1.165, 1.54) is 13.2 Å². The Bertz CT molecular complexity index is 430. The van der Waals surface area contributed by atoms with Crippen LogP contribution >= 0.6 is 11.6 Å². The number of halogens is 2. The number of alkyl halides is 1. The lowest BCUT2D eigenvalue weighted by molar-refractivity contribution is -0.0510. The van der Waals surface area contributed by atoms with Gasteiger partial charge >= 0.3 is 0 Å². The summed E-state index contributed by atoms with van der Waals surface area (Å²) in [5.74, 6) is 0.437. The Morgan fingerprint density at radius 3 is 2.95 bits per heavy atom. The van der Waals surface area contributed by atoms with Crippen LogP contribution in [0.3, 0.4) is 0 Å². The molecule has 3 nitrogen and oxygen atoms in total. The van der Waals surface area contributed by atoms with Crippen LogP contribution in [0.25, 0.3) is 0 Å². The van der Waals surface area contributed by atoms with Crippen LogP contribution in [0.15, 0.2) is 18.2 Å². The Labute approximate surface area is 118 Å². The maximum atomic E-state index is 13.7. The number of hydrogen-bond donors (Lipinski definition) is 0. The minimum atomic E-state index is -0.324. The fourth-order valence-corrected chi connectivity index (χ4v) is 2.42. The highest BCUT2D eigenvalue weighted by Crippen LogP contribution is 2.21. The second-order valence-corrected chi connectivity index (χ2v) is 5.17. The Morgan fingerprint density at radius 1 is 1.53 bits per heavy atom. The van der Waals surface area contributed by atoms with Gasteiger partial charge in [-0.05, 0) is 24.6 Å². The van der Waals surface area contributed by atoms with Crippen LogP contribution in [-0.2, 0) is 11.3 Å². The molecule has 1 aliphatic rings. The molecular formula is C14H19ClFNO2. The van der Waals surface area contributed by atoms with E-state index >= 15 is 0 Å². The molecule has 1 aromatic rings. The van der Waals surface area contributed by atoms with Crippen molar-refractivity contribution in [3.8, 4) is 5.75 Å². The van der Waals surface area contributed by atoms with Gasteiger partial charge in [0.2, 0.25) is 0 Å². The van der Waals surface area contributed by atoms with Gasteiger partial charge in [0.15, 0.2) is 11.6 Å². The van der Waals surface area contributed by atoms with Crippen LogP contribution < -0.4 is 4.74 Å². The van der Waals surface area contributed by atoms with Crippen molar-refractivity contribution < 1.29 is 13.9 Å². The first-order valence-electron chi connectivity index (χ1n) is 6.38. The summed E-state index contributed by atoms with van der Waals surface area (Å²) in [6.45, 7) is 4.23. The molecule has 2 atom stereocenters. The van der Waals surface area contributed by atoms with Crippen LogP contribution in [0.4, 0.5) is 4.39 Å². The average molecular weight is 288 g/mol. The molecule has 0 amide bonds. The van der Waals surface area contributed by atoms with E-state index in [-0.39, 0.29) is 17.7 Å². The smallest absolute Gasteiger partial charge is 0.165 e. The van der Waals surface area contributed by atoms with Crippen LogP contribution in [0.2, 0.25) is 0 Å². The lowest BCUT2D eigenvalue weighted by atomic mass is 10.1. The molecule has 1 fully saturated rings. The van der Waals surface area contributed by atoms with Crippen molar-refractivity contribution in [1.82, 2.24) is 4.90 Å². The summed E-state index contributed by atoms with van der Waals surface area (Å²) in [4.78, 5) is 2.26. The fourth-order valence-electron chi connectivity index (χ4n) is 2.23. The highest BCUT2D eigenvalue weighted by Gasteiger charge is 2.25. The number of hydrogen-bond acceptors (Lipinski definition) is 3. The van der Waals surface area contributed by atoms with Gasteiger partial charge in [0, 0.05) is 25.0 Å². The first-order chi connectivity index (χ1) is 9.13. The van der Waals surface area contributed by atoms with Gasteiger partial charge in [0.05, 0.1) is 19.8 Å². The minimum absolute atomic E-state index is 0.0564. The standard InChI is InChI=1S/C14H19ClFNO2/c1-10-9-19-12(6-15)8-17(10)7-11-3-4-14(18-2)13(16)5-11/h3-5,10,12H,6-9H2,1-2H3. The quantitative estimate of drug-likeness (QED) is 0.795. The number of nitrogens with zero attached hydrogens (tertiary/aromatic N) is 1. The van der Waals surface area contributed by atoms with Crippen molar-refractivity contribution in [3.63, 3.8) is 0 Å². The van der Waals surface area contributed by atoms with E-state index in [9.17, 15) is 4.39 Å². The lowest BCUT2D eigenvalue weighted by Crippen LogP contribution is -2.48. The summed E-state index contributed by atoms with van der Waals surface area (Å²) in [7, 11) is 1.47. The van der Waals surface area contributed by atoms with Crippen LogP contribution in [0, 0.1) is 5.82 Å². The molecule has 1 aliphatic heterocycles. The van der Waals surface area contributed by atoms with Gasteiger partial charge < -0.3 is 9.47 Å². The van der Waals surface area contributed by atoms with Crippen molar-refractivity contribution in [2.75, 3.05) is 26.1 Å². The van der Waals surface area contributed by atoms with E-state index in [1.54, 1.807) is 6.07 Å². The van der Waals surface area contributed by atoms with Gasteiger partial charge in [-0.3, -0.25) is 4.90 Å². The van der Waals surface area contributed by atoms with E-state index in [1.807, 2.05) is 6.07 Å². The second kappa shape index (κ2) is 6.55.